The maximum absolute atomic E-state index is 5.75. The number of rotatable bonds is 3. The first-order valence-electron chi connectivity index (χ1n) is 5.83. The molecule has 2 aromatic heterocycles. The Labute approximate surface area is 123 Å². The summed E-state index contributed by atoms with van der Waals surface area (Å²) in [4.78, 5) is 1.13. The zero-order chi connectivity index (χ0) is 13.4. The molecule has 4 nitrogen and oxygen atoms in total. The van der Waals surface area contributed by atoms with Gasteiger partial charge in [-0.3, -0.25) is 10.5 Å². The highest BCUT2D eigenvalue weighted by Gasteiger charge is 2.22. The lowest BCUT2D eigenvalue weighted by Crippen LogP contribution is -2.29. The summed E-state index contributed by atoms with van der Waals surface area (Å²) in [5.74, 6) is 5.75. The molecule has 0 bridgehead atoms. The van der Waals surface area contributed by atoms with Crippen molar-refractivity contribution in [2.75, 3.05) is 0 Å². The molecule has 0 aliphatic rings. The maximum Gasteiger partial charge on any atom is 0.101 e. The van der Waals surface area contributed by atoms with Gasteiger partial charge in [-0.1, -0.05) is 18.2 Å². The molecular formula is C13H13BrN4S. The van der Waals surface area contributed by atoms with Gasteiger partial charge in [0.05, 0.1) is 11.2 Å². The normalized spacial score (nSPS) is 13.0. The fraction of sp³-hybridized carbons (Fsp3) is 0.154. The highest BCUT2D eigenvalue weighted by molar-refractivity contribution is 9.10. The van der Waals surface area contributed by atoms with Crippen molar-refractivity contribution in [3.05, 3.63) is 50.8 Å². The number of halogens is 1. The first kappa shape index (κ1) is 12.8. The van der Waals surface area contributed by atoms with Gasteiger partial charge in [0.25, 0.3) is 0 Å². The van der Waals surface area contributed by atoms with Gasteiger partial charge < -0.3 is 0 Å². The molecule has 6 heteroatoms. The fourth-order valence-electron chi connectivity index (χ4n) is 2.25. The molecule has 1 atom stereocenters. The van der Waals surface area contributed by atoms with Crippen molar-refractivity contribution in [1.29, 1.82) is 0 Å². The summed E-state index contributed by atoms with van der Waals surface area (Å²) in [5.41, 5.74) is 4.92. The predicted molar refractivity (Wildman–Crippen MR) is 81.9 cm³/mol. The Morgan fingerprint density at radius 2 is 2.16 bits per heavy atom. The molecule has 98 valence electrons. The molecule has 0 spiro atoms. The van der Waals surface area contributed by atoms with Gasteiger partial charge in [0.1, 0.15) is 6.04 Å². The zero-order valence-corrected chi connectivity index (χ0v) is 12.7. The maximum atomic E-state index is 5.75. The number of thiophene rings is 1. The molecule has 0 aliphatic carbocycles. The Bertz CT molecular complexity index is 718. The number of nitrogens with two attached hydrogens (primary N) is 1. The smallest absolute Gasteiger partial charge is 0.101 e. The minimum atomic E-state index is -0.111. The largest absolute Gasteiger partial charge is 0.270 e. The summed E-state index contributed by atoms with van der Waals surface area (Å²) in [6.07, 6.45) is 0. The van der Waals surface area contributed by atoms with E-state index in [-0.39, 0.29) is 6.04 Å². The second-order valence-corrected chi connectivity index (χ2v) is 6.06. The number of aryl methyl sites for hydroxylation is 1. The Balaban J connectivity index is 2.20. The summed E-state index contributed by atoms with van der Waals surface area (Å²) in [5, 5.41) is 7.77. The van der Waals surface area contributed by atoms with Crippen LogP contribution in [0.4, 0.5) is 0 Å². The van der Waals surface area contributed by atoms with E-state index in [9.17, 15) is 0 Å². The van der Waals surface area contributed by atoms with Crippen molar-refractivity contribution >= 4 is 38.2 Å². The molecule has 3 aromatic rings. The fourth-order valence-corrected chi connectivity index (χ4v) is 3.91. The number of para-hydroxylation sites is 1. The number of aromatic nitrogens is 2. The van der Waals surface area contributed by atoms with E-state index in [0.717, 1.165) is 25.9 Å². The molecule has 19 heavy (non-hydrogen) atoms. The molecular weight excluding hydrogens is 324 g/mol. The molecule has 3 rings (SSSR count). The van der Waals surface area contributed by atoms with E-state index in [1.807, 2.05) is 35.3 Å². The molecule has 0 saturated heterocycles. The van der Waals surface area contributed by atoms with E-state index in [1.54, 1.807) is 11.3 Å². The predicted octanol–water partition coefficient (Wildman–Crippen LogP) is 2.95. The average molecular weight is 337 g/mol. The van der Waals surface area contributed by atoms with Crippen LogP contribution in [-0.2, 0) is 7.05 Å². The quantitative estimate of drug-likeness (QED) is 0.571. The van der Waals surface area contributed by atoms with Gasteiger partial charge in [-0.15, -0.1) is 11.3 Å². The van der Waals surface area contributed by atoms with Crippen molar-refractivity contribution in [2.24, 2.45) is 12.9 Å². The summed E-state index contributed by atoms with van der Waals surface area (Å²) in [7, 11) is 1.95. The number of benzene rings is 1. The van der Waals surface area contributed by atoms with Crippen molar-refractivity contribution in [3.63, 3.8) is 0 Å². The number of hydrogen-bond acceptors (Lipinski definition) is 4. The van der Waals surface area contributed by atoms with Crippen molar-refractivity contribution in [3.8, 4) is 0 Å². The minimum absolute atomic E-state index is 0.111. The molecule has 0 amide bonds. The summed E-state index contributed by atoms with van der Waals surface area (Å²) in [6.45, 7) is 0. The first-order valence-corrected chi connectivity index (χ1v) is 7.50. The van der Waals surface area contributed by atoms with Crippen LogP contribution in [0, 0.1) is 0 Å². The van der Waals surface area contributed by atoms with E-state index in [0.29, 0.717) is 0 Å². The van der Waals surface area contributed by atoms with Gasteiger partial charge in [0.2, 0.25) is 0 Å². The molecule has 3 N–H and O–H groups in total. The molecule has 0 saturated carbocycles. The van der Waals surface area contributed by atoms with Crippen LogP contribution >= 0.6 is 27.3 Å². The molecule has 1 unspecified atom stereocenters. The first-order chi connectivity index (χ1) is 9.22. The molecule has 1 aromatic carbocycles. The Morgan fingerprint density at radius 3 is 2.84 bits per heavy atom. The lowest BCUT2D eigenvalue weighted by Gasteiger charge is -2.13. The van der Waals surface area contributed by atoms with E-state index < -0.39 is 0 Å². The standard InChI is InChI=1S/C13H13BrN4S/c1-18-10-5-3-2-4-8(10)11(17-18)12(16-15)13-9(14)6-7-19-13/h2-7,12,16H,15H2,1H3. The van der Waals surface area contributed by atoms with Crippen LogP contribution in [0.2, 0.25) is 0 Å². The van der Waals surface area contributed by atoms with E-state index >= 15 is 0 Å². The monoisotopic (exact) mass is 336 g/mol. The zero-order valence-electron chi connectivity index (χ0n) is 10.3. The van der Waals surface area contributed by atoms with Crippen LogP contribution in [0.1, 0.15) is 16.6 Å². The average Bonchev–Trinajstić information content (AvgIpc) is 2.98. The van der Waals surface area contributed by atoms with Gasteiger partial charge in [-0.2, -0.15) is 5.10 Å². The summed E-state index contributed by atoms with van der Waals surface area (Å²) >= 11 is 5.21. The third kappa shape index (κ3) is 2.10. The molecule has 0 radical (unpaired) electrons. The van der Waals surface area contributed by atoms with Crippen LogP contribution in [-0.4, -0.2) is 9.78 Å². The van der Waals surface area contributed by atoms with Crippen LogP contribution < -0.4 is 11.3 Å². The lowest BCUT2D eigenvalue weighted by atomic mass is 10.1. The van der Waals surface area contributed by atoms with E-state index in [1.165, 1.54) is 0 Å². The minimum Gasteiger partial charge on any atom is -0.270 e. The third-order valence-corrected chi connectivity index (χ3v) is 5.07. The van der Waals surface area contributed by atoms with Crippen LogP contribution in [0.5, 0.6) is 0 Å². The third-order valence-electron chi connectivity index (χ3n) is 3.13. The topological polar surface area (TPSA) is 55.9 Å². The van der Waals surface area contributed by atoms with Crippen LogP contribution in [0.25, 0.3) is 10.9 Å². The lowest BCUT2D eigenvalue weighted by molar-refractivity contribution is 0.614. The van der Waals surface area contributed by atoms with Gasteiger partial charge in [-0.25, -0.2) is 5.43 Å². The summed E-state index contributed by atoms with van der Waals surface area (Å²) < 4.78 is 2.94. The van der Waals surface area contributed by atoms with Crippen molar-refractivity contribution < 1.29 is 0 Å². The Morgan fingerprint density at radius 1 is 1.37 bits per heavy atom. The molecule has 0 aliphatic heterocycles. The van der Waals surface area contributed by atoms with Gasteiger partial charge in [-0.05, 0) is 33.4 Å². The molecule has 2 heterocycles. The highest BCUT2D eigenvalue weighted by atomic mass is 79.9. The van der Waals surface area contributed by atoms with Crippen molar-refractivity contribution in [2.45, 2.75) is 6.04 Å². The molecule has 0 fully saturated rings. The Kier molecular flexibility index (Phi) is 3.40. The number of nitrogens with zero attached hydrogens (tertiary/aromatic N) is 2. The number of hydrogen-bond donors (Lipinski definition) is 2. The Hall–Kier alpha value is -1.21. The summed E-state index contributed by atoms with van der Waals surface area (Å²) in [6, 6.07) is 10.1. The number of nitrogens with one attached hydrogen (secondary N) is 1. The second-order valence-electron chi connectivity index (χ2n) is 4.26. The van der Waals surface area contributed by atoms with Gasteiger partial charge >= 0.3 is 0 Å². The van der Waals surface area contributed by atoms with Crippen LogP contribution in [0.15, 0.2) is 40.2 Å². The van der Waals surface area contributed by atoms with E-state index in [4.69, 9.17) is 5.84 Å². The van der Waals surface area contributed by atoms with Gasteiger partial charge in [0, 0.05) is 21.8 Å². The van der Waals surface area contributed by atoms with Gasteiger partial charge in [0.15, 0.2) is 0 Å². The van der Waals surface area contributed by atoms with Crippen molar-refractivity contribution in [1.82, 2.24) is 15.2 Å². The number of hydrazine groups is 1. The second kappa shape index (κ2) is 5.05. The SMILES string of the molecule is Cn1nc(C(NN)c2sccc2Br)c2ccccc21. The number of fused-ring (bicyclic) bond motifs is 1. The van der Waals surface area contributed by atoms with Crippen LogP contribution in [0.3, 0.4) is 0 Å². The van der Waals surface area contributed by atoms with E-state index in [2.05, 4.69) is 38.6 Å². The highest BCUT2D eigenvalue weighted by Crippen LogP contribution is 2.34.